The predicted molar refractivity (Wildman–Crippen MR) is 109 cm³/mol. The Hall–Kier alpha value is -3.11. The molecule has 1 N–H and O–H groups in total. The van der Waals surface area contributed by atoms with Crippen molar-refractivity contribution in [3.8, 4) is 5.69 Å². The van der Waals surface area contributed by atoms with Crippen LogP contribution in [0.2, 0.25) is 0 Å². The van der Waals surface area contributed by atoms with Crippen LogP contribution >= 0.6 is 0 Å². The number of rotatable bonds is 5. The van der Waals surface area contributed by atoms with Gasteiger partial charge in [0, 0.05) is 43.6 Å². The molecule has 0 atom stereocenters. The summed E-state index contributed by atoms with van der Waals surface area (Å²) in [6.07, 6.45) is 1.37. The van der Waals surface area contributed by atoms with E-state index in [0.717, 1.165) is 57.2 Å². The van der Waals surface area contributed by atoms with Gasteiger partial charge in [-0.05, 0) is 30.3 Å². The number of anilines is 3. The number of nitrogens with one attached hydrogen (secondary N) is 1. The van der Waals surface area contributed by atoms with Crippen molar-refractivity contribution in [2.24, 2.45) is 0 Å². The predicted octanol–water partition coefficient (Wildman–Crippen LogP) is 2.95. The highest BCUT2D eigenvalue weighted by Gasteiger charge is 2.29. The smallest absolute Gasteiger partial charge is 0.246 e. The maximum absolute atomic E-state index is 14.3. The van der Waals surface area contributed by atoms with Crippen LogP contribution in [0.1, 0.15) is 0 Å². The zero-order valence-corrected chi connectivity index (χ0v) is 16.6. The normalized spacial score (nSPS) is 17.6. The van der Waals surface area contributed by atoms with Gasteiger partial charge >= 0.3 is 0 Å². The van der Waals surface area contributed by atoms with Gasteiger partial charge < -0.3 is 15.0 Å². The fraction of sp³-hybridized carbons (Fsp3) is 0.333. The Balaban J connectivity index is 1.28. The Morgan fingerprint density at radius 1 is 0.903 bits per heavy atom. The maximum Gasteiger partial charge on any atom is 0.246 e. The second-order valence-electron chi connectivity index (χ2n) is 7.65. The van der Waals surface area contributed by atoms with Crippen LogP contribution in [0.15, 0.2) is 42.7 Å². The summed E-state index contributed by atoms with van der Waals surface area (Å²) in [5.74, 6) is -2.05. The highest BCUT2D eigenvalue weighted by Crippen LogP contribution is 2.26. The van der Waals surface area contributed by atoms with Gasteiger partial charge in [0.1, 0.15) is 12.1 Å². The molecular weight excluding hydrogens is 409 g/mol. The van der Waals surface area contributed by atoms with Crippen LogP contribution in [0.5, 0.6) is 0 Å². The van der Waals surface area contributed by atoms with Crippen LogP contribution in [0.25, 0.3) is 5.69 Å². The molecule has 0 aliphatic carbocycles. The number of aromatic nitrogens is 3. The first kappa shape index (κ1) is 19.8. The summed E-state index contributed by atoms with van der Waals surface area (Å²) in [6, 6.07) is 8.68. The highest BCUT2D eigenvalue weighted by atomic mass is 19.2. The molecular formula is C21H21F3N6O. The van der Waals surface area contributed by atoms with E-state index in [1.54, 1.807) is 0 Å². The maximum atomic E-state index is 14.3. The van der Waals surface area contributed by atoms with Gasteiger partial charge in [-0.25, -0.2) is 17.9 Å². The fourth-order valence-corrected chi connectivity index (χ4v) is 3.81. The molecule has 5 rings (SSSR count). The van der Waals surface area contributed by atoms with Crippen LogP contribution in [0, 0.1) is 17.5 Å². The van der Waals surface area contributed by atoms with E-state index in [1.165, 1.54) is 29.2 Å². The van der Waals surface area contributed by atoms with Gasteiger partial charge in [0.25, 0.3) is 0 Å². The van der Waals surface area contributed by atoms with Gasteiger partial charge in [-0.2, -0.15) is 4.98 Å². The Bertz CT molecular complexity index is 1080. The van der Waals surface area contributed by atoms with Crippen molar-refractivity contribution >= 4 is 17.3 Å². The van der Waals surface area contributed by atoms with Crippen molar-refractivity contribution in [2.75, 3.05) is 49.6 Å². The molecule has 0 unspecified atom stereocenters. The largest absolute Gasteiger partial charge is 0.378 e. The first-order chi connectivity index (χ1) is 15.0. The lowest BCUT2D eigenvalue weighted by molar-refractivity contribution is -0.0660. The zero-order chi connectivity index (χ0) is 21.4. The van der Waals surface area contributed by atoms with E-state index in [0.29, 0.717) is 17.4 Å². The van der Waals surface area contributed by atoms with Crippen molar-refractivity contribution in [3.05, 3.63) is 60.2 Å². The highest BCUT2D eigenvalue weighted by molar-refractivity contribution is 5.62. The molecule has 2 fully saturated rings. The molecule has 3 heterocycles. The molecule has 1 aromatic heterocycles. The Morgan fingerprint density at radius 3 is 2.42 bits per heavy atom. The van der Waals surface area contributed by atoms with E-state index in [-0.39, 0.29) is 11.8 Å². The SMILES string of the molecule is Fc1cc(Nc2ncn(-c3ccc(F)c(F)c3)n2)cc(N2CCN(C3COC3)CC2)c1. The van der Waals surface area contributed by atoms with E-state index in [9.17, 15) is 13.2 Å². The molecule has 2 aliphatic rings. The molecule has 2 aliphatic heterocycles. The minimum atomic E-state index is -0.970. The third-order valence-electron chi connectivity index (χ3n) is 5.61. The molecule has 0 radical (unpaired) electrons. The van der Waals surface area contributed by atoms with Crippen molar-refractivity contribution < 1.29 is 17.9 Å². The lowest BCUT2D eigenvalue weighted by Crippen LogP contribution is -2.56. The number of hydrogen-bond acceptors (Lipinski definition) is 6. The van der Waals surface area contributed by atoms with E-state index in [4.69, 9.17) is 4.74 Å². The molecule has 0 saturated carbocycles. The first-order valence-corrected chi connectivity index (χ1v) is 10.1. The molecule has 2 aromatic carbocycles. The molecule has 7 nitrogen and oxygen atoms in total. The minimum Gasteiger partial charge on any atom is -0.378 e. The molecule has 10 heteroatoms. The lowest BCUT2D eigenvalue weighted by atomic mass is 10.1. The van der Waals surface area contributed by atoms with E-state index in [1.807, 2.05) is 6.07 Å². The molecule has 0 spiro atoms. The molecule has 162 valence electrons. The Labute approximate surface area is 177 Å². The third kappa shape index (κ3) is 4.21. The van der Waals surface area contributed by atoms with Crippen LogP contribution in [-0.2, 0) is 4.74 Å². The Kier molecular flexibility index (Phi) is 5.24. The fourth-order valence-electron chi connectivity index (χ4n) is 3.81. The average molecular weight is 430 g/mol. The summed E-state index contributed by atoms with van der Waals surface area (Å²) in [7, 11) is 0. The van der Waals surface area contributed by atoms with Gasteiger partial charge in [-0.15, -0.1) is 5.10 Å². The minimum absolute atomic E-state index is 0.219. The second kappa shape index (κ2) is 8.20. The van der Waals surface area contributed by atoms with Crippen LogP contribution in [0.3, 0.4) is 0 Å². The summed E-state index contributed by atoms with van der Waals surface area (Å²) in [6.45, 7) is 5.02. The van der Waals surface area contributed by atoms with E-state index < -0.39 is 11.6 Å². The molecule has 0 amide bonds. The zero-order valence-electron chi connectivity index (χ0n) is 16.6. The van der Waals surface area contributed by atoms with Crippen molar-refractivity contribution in [2.45, 2.75) is 6.04 Å². The summed E-state index contributed by atoms with van der Waals surface area (Å²) >= 11 is 0. The number of benzene rings is 2. The van der Waals surface area contributed by atoms with Crippen molar-refractivity contribution in [1.82, 2.24) is 19.7 Å². The van der Waals surface area contributed by atoms with Gasteiger partial charge in [-0.3, -0.25) is 4.90 Å². The van der Waals surface area contributed by atoms with Gasteiger partial charge in [0.05, 0.1) is 24.9 Å². The molecule has 31 heavy (non-hydrogen) atoms. The van der Waals surface area contributed by atoms with Gasteiger partial charge in [-0.1, -0.05) is 0 Å². The number of hydrogen-bond donors (Lipinski definition) is 1. The van der Waals surface area contributed by atoms with Gasteiger partial charge in [0.15, 0.2) is 11.6 Å². The first-order valence-electron chi connectivity index (χ1n) is 10.1. The van der Waals surface area contributed by atoms with Crippen molar-refractivity contribution in [1.29, 1.82) is 0 Å². The van der Waals surface area contributed by atoms with Crippen LogP contribution < -0.4 is 10.2 Å². The summed E-state index contributed by atoms with van der Waals surface area (Å²) in [5.41, 5.74) is 1.62. The summed E-state index contributed by atoms with van der Waals surface area (Å²) < 4.78 is 47.5. The van der Waals surface area contributed by atoms with E-state index in [2.05, 4.69) is 25.2 Å². The van der Waals surface area contributed by atoms with Crippen LogP contribution in [-0.4, -0.2) is 65.1 Å². The quantitative estimate of drug-likeness (QED) is 0.672. The number of piperazine rings is 1. The lowest BCUT2D eigenvalue weighted by Gasteiger charge is -2.43. The molecule has 3 aromatic rings. The summed E-state index contributed by atoms with van der Waals surface area (Å²) in [5, 5.41) is 7.20. The topological polar surface area (TPSA) is 58.5 Å². The number of halogens is 3. The molecule has 2 saturated heterocycles. The monoisotopic (exact) mass is 430 g/mol. The van der Waals surface area contributed by atoms with E-state index >= 15 is 0 Å². The standard InChI is InChI=1S/C21H21F3N6O/c22-14-7-15(9-17(8-14)28-3-5-29(6-4-28)18-11-31-12-18)26-21-25-13-30(27-21)16-1-2-19(23)20(24)10-16/h1-2,7-10,13,18H,3-6,11-12H2,(H,26,27). The van der Waals surface area contributed by atoms with Gasteiger partial charge in [0.2, 0.25) is 5.95 Å². The number of ether oxygens (including phenoxy) is 1. The average Bonchev–Trinajstić information content (AvgIpc) is 3.17. The van der Waals surface area contributed by atoms with Crippen molar-refractivity contribution in [3.63, 3.8) is 0 Å². The third-order valence-corrected chi connectivity index (χ3v) is 5.61. The summed E-state index contributed by atoms with van der Waals surface area (Å²) in [4.78, 5) is 8.69. The Morgan fingerprint density at radius 2 is 1.71 bits per heavy atom. The molecule has 0 bridgehead atoms. The number of nitrogens with zero attached hydrogens (tertiary/aromatic N) is 5. The second-order valence-corrected chi connectivity index (χ2v) is 7.65. The van der Waals surface area contributed by atoms with Crippen LogP contribution in [0.4, 0.5) is 30.5 Å².